The summed E-state index contributed by atoms with van der Waals surface area (Å²) in [6, 6.07) is 0.560. The van der Waals surface area contributed by atoms with Gasteiger partial charge in [0.25, 0.3) is 11.7 Å². The van der Waals surface area contributed by atoms with Crippen LogP contribution in [0.1, 0.15) is 103 Å². The van der Waals surface area contributed by atoms with Crippen molar-refractivity contribution in [2.75, 3.05) is 31.5 Å². The lowest BCUT2D eigenvalue weighted by Gasteiger charge is -2.37. The van der Waals surface area contributed by atoms with E-state index in [-0.39, 0.29) is 56.3 Å². The van der Waals surface area contributed by atoms with Crippen LogP contribution in [-0.4, -0.2) is 116 Å². The van der Waals surface area contributed by atoms with Crippen molar-refractivity contribution in [3.8, 4) is 23.0 Å². The number of Topliss-reactive ketones (excluding diaryl/α,β-unsaturated/α-hetero) is 1. The van der Waals surface area contributed by atoms with Gasteiger partial charge in [0.05, 0.1) is 46.9 Å². The van der Waals surface area contributed by atoms with Crippen molar-refractivity contribution < 1.29 is 54.1 Å². The number of hydrazone groups is 1. The van der Waals surface area contributed by atoms with Gasteiger partial charge in [0.15, 0.2) is 5.75 Å². The van der Waals surface area contributed by atoms with E-state index in [0.29, 0.717) is 19.1 Å². The number of fused-ring (bicyclic) bond motifs is 14. The average molecular weight is 861 g/mol. The van der Waals surface area contributed by atoms with Crippen molar-refractivity contribution in [2.24, 2.45) is 34.7 Å². The Balaban J connectivity index is 1.46. The molecule has 6 N–H and O–H groups in total. The third-order valence-electron chi connectivity index (χ3n) is 13.7. The summed E-state index contributed by atoms with van der Waals surface area (Å²) in [5, 5.41) is 67.5. The summed E-state index contributed by atoms with van der Waals surface area (Å²) >= 11 is 0. The zero-order valence-corrected chi connectivity index (χ0v) is 37.3. The van der Waals surface area contributed by atoms with Gasteiger partial charge in [-0.05, 0) is 44.6 Å². The standard InChI is InChI=1S/C47H64N4O11/c1-24-17-22-60-47(9)45(58)36-34-35(40(55)30(7)44(36)62-47)42(57)37(33(41(34)56)23-48-51-20-18-50(19-21-51)32-15-10-11-16-32)49-46(59)26(3)14-12-13-25(2)38(53)28(5)39(54)29(6)43(27(24)4)61-31(8)52/h12-14,17,22-25,27-29,32,38-39,43,53-57H,10-11,15-16,18-21H2,1-9H3,(H,49,59)/b13-12+,22-17+,26-14-,48-23+/t24-,25-,27+,28+,29+,38-,39+,43+,47-/m0/s1. The number of piperazine rings is 1. The number of amides is 1. The molecule has 15 nitrogen and oxygen atoms in total. The largest absolute Gasteiger partial charge is 0.507 e. The third kappa shape index (κ3) is 9.02. The average Bonchev–Trinajstić information content (AvgIpc) is 3.88. The maximum atomic E-state index is 14.5. The number of aliphatic hydroxyl groups excluding tert-OH is 2. The third-order valence-corrected chi connectivity index (χ3v) is 13.7. The second-order valence-electron chi connectivity index (χ2n) is 17.9. The lowest BCUT2D eigenvalue weighted by Crippen LogP contribution is -2.47. The molecule has 1 saturated carbocycles. The lowest BCUT2D eigenvalue weighted by molar-refractivity contribution is -0.158. The molecule has 7 rings (SSSR count). The summed E-state index contributed by atoms with van der Waals surface area (Å²) < 4.78 is 18.0. The van der Waals surface area contributed by atoms with Crippen molar-refractivity contribution in [3.05, 3.63) is 52.8 Å². The fraction of sp³-hybridized carbons (Fsp3) is 0.574. The van der Waals surface area contributed by atoms with Crippen molar-refractivity contribution in [1.82, 2.24) is 9.91 Å². The minimum absolute atomic E-state index is 0.0610. The minimum atomic E-state index is -1.99. The predicted molar refractivity (Wildman–Crippen MR) is 235 cm³/mol. The van der Waals surface area contributed by atoms with E-state index in [1.807, 2.05) is 18.9 Å². The quantitative estimate of drug-likeness (QED) is 0.0868. The number of carbonyl (C=O) groups excluding carboxylic acids is 3. The van der Waals surface area contributed by atoms with E-state index < -0.39 is 76.8 Å². The van der Waals surface area contributed by atoms with Crippen LogP contribution < -0.4 is 10.1 Å². The molecule has 4 aliphatic heterocycles. The first-order chi connectivity index (χ1) is 29.3. The van der Waals surface area contributed by atoms with Gasteiger partial charge in [-0.25, -0.2) is 0 Å². The molecule has 0 spiro atoms. The van der Waals surface area contributed by atoms with Crippen LogP contribution in [0.4, 0.5) is 5.69 Å². The van der Waals surface area contributed by atoms with Crippen LogP contribution in [0, 0.1) is 36.5 Å². The molecule has 1 saturated heterocycles. The van der Waals surface area contributed by atoms with E-state index in [4.69, 9.17) is 14.2 Å². The molecule has 0 unspecified atom stereocenters. The Morgan fingerprint density at radius 2 is 1.55 bits per heavy atom. The van der Waals surface area contributed by atoms with Crippen molar-refractivity contribution in [3.63, 3.8) is 0 Å². The van der Waals surface area contributed by atoms with Gasteiger partial charge in [0, 0.05) is 80.3 Å². The number of ketones is 1. The van der Waals surface area contributed by atoms with Gasteiger partial charge in [-0.2, -0.15) is 5.10 Å². The molecule has 2 aromatic carbocycles. The smallest absolute Gasteiger partial charge is 0.312 e. The molecule has 5 bridgehead atoms. The van der Waals surface area contributed by atoms with Crippen LogP contribution in [0.2, 0.25) is 0 Å². The van der Waals surface area contributed by atoms with Crippen LogP contribution >= 0.6 is 0 Å². The molecule has 4 heterocycles. The monoisotopic (exact) mass is 860 g/mol. The van der Waals surface area contributed by atoms with E-state index in [1.165, 1.54) is 65.0 Å². The molecule has 1 amide bonds. The molecule has 2 aromatic rings. The van der Waals surface area contributed by atoms with E-state index in [0.717, 1.165) is 13.1 Å². The summed E-state index contributed by atoms with van der Waals surface area (Å²) in [6.45, 7) is 17.5. The van der Waals surface area contributed by atoms with Crippen LogP contribution in [-0.2, 0) is 19.1 Å². The fourth-order valence-electron chi connectivity index (χ4n) is 9.34. The van der Waals surface area contributed by atoms with Gasteiger partial charge in [0.1, 0.15) is 23.4 Å². The number of esters is 1. The van der Waals surface area contributed by atoms with Gasteiger partial charge < -0.3 is 45.1 Å². The predicted octanol–water partition coefficient (Wildman–Crippen LogP) is 6.27. The number of ether oxygens (including phenoxy) is 3. The Kier molecular flexibility index (Phi) is 14.0. The molecule has 62 heavy (non-hydrogen) atoms. The summed E-state index contributed by atoms with van der Waals surface area (Å²) in [5.41, 5.74) is -0.206. The molecular formula is C47H64N4O11. The second kappa shape index (κ2) is 18.7. The zero-order valence-electron chi connectivity index (χ0n) is 37.3. The van der Waals surface area contributed by atoms with Gasteiger partial charge in [-0.15, -0.1) is 0 Å². The SMILES string of the molecule is CC(=O)O[C@H]1[C@H](C)[C@H](O)[C@H](C)[C@@H](O)[C@@H](C)/C=C/C=C(/C)C(=O)Nc2c(/C=N/N3CCN(C4CCCC4)CC3)c(O)c3c4c(c(C)c(O)c3c2O)O[C@](C)(O/C=C/[C@H](C)[C@H]1C)C4=O. The summed E-state index contributed by atoms with van der Waals surface area (Å²) in [7, 11) is 0. The van der Waals surface area contributed by atoms with E-state index in [2.05, 4.69) is 15.3 Å². The Morgan fingerprint density at radius 1 is 0.887 bits per heavy atom. The summed E-state index contributed by atoms with van der Waals surface area (Å²) in [4.78, 5) is 43.1. The maximum absolute atomic E-state index is 14.5. The van der Waals surface area contributed by atoms with E-state index in [9.17, 15) is 39.9 Å². The Bertz CT molecular complexity index is 2170. The number of phenolic OH excluding ortho intramolecular Hbond substituents is 3. The highest BCUT2D eigenvalue weighted by Crippen LogP contribution is 2.55. The number of carbonyl (C=O) groups is 3. The van der Waals surface area contributed by atoms with Gasteiger partial charge >= 0.3 is 11.8 Å². The molecule has 2 fully saturated rings. The number of nitrogens with one attached hydrogen (secondary N) is 1. The molecule has 15 heteroatoms. The number of aliphatic hydroxyl groups is 2. The number of benzene rings is 2. The lowest BCUT2D eigenvalue weighted by atomic mass is 9.77. The normalized spacial score (nSPS) is 32.7. The van der Waals surface area contributed by atoms with Crippen LogP contribution in [0.15, 0.2) is 41.2 Å². The Labute approximate surface area is 363 Å². The number of aromatic hydroxyl groups is 3. The van der Waals surface area contributed by atoms with Crippen LogP contribution in [0.3, 0.4) is 0 Å². The van der Waals surface area contributed by atoms with E-state index in [1.54, 1.807) is 45.9 Å². The number of anilines is 1. The molecule has 0 aromatic heterocycles. The fourth-order valence-corrected chi connectivity index (χ4v) is 9.34. The molecule has 9 atom stereocenters. The number of rotatable bonds is 4. The number of hydrogen-bond donors (Lipinski definition) is 6. The van der Waals surface area contributed by atoms with Crippen molar-refractivity contribution in [1.29, 1.82) is 0 Å². The van der Waals surface area contributed by atoms with Crippen LogP contribution in [0.25, 0.3) is 10.8 Å². The van der Waals surface area contributed by atoms with Crippen LogP contribution in [0.5, 0.6) is 23.0 Å². The molecule has 338 valence electrons. The molecule has 1 aliphatic carbocycles. The topological polar surface area (TPSA) is 211 Å². The number of phenols is 3. The Morgan fingerprint density at radius 3 is 2.19 bits per heavy atom. The second-order valence-corrected chi connectivity index (χ2v) is 17.9. The first-order valence-corrected chi connectivity index (χ1v) is 21.8. The van der Waals surface area contributed by atoms with Crippen molar-refractivity contribution in [2.45, 2.75) is 118 Å². The number of hydrogen-bond acceptors (Lipinski definition) is 14. The highest BCUT2D eigenvalue weighted by molar-refractivity contribution is 6.23. The van der Waals surface area contributed by atoms with Gasteiger partial charge in [0.2, 0.25) is 0 Å². The molecule has 5 aliphatic rings. The Hall–Kier alpha value is -5.12. The van der Waals surface area contributed by atoms with Gasteiger partial charge in [-0.3, -0.25) is 24.3 Å². The molecular weight excluding hydrogens is 797 g/mol. The first kappa shape index (κ1) is 46.4. The maximum Gasteiger partial charge on any atom is 0.312 e. The highest BCUT2D eigenvalue weighted by atomic mass is 16.7. The van der Waals surface area contributed by atoms with E-state index >= 15 is 0 Å². The minimum Gasteiger partial charge on any atom is -0.507 e. The first-order valence-electron chi connectivity index (χ1n) is 21.8. The zero-order chi connectivity index (χ0) is 45.4. The molecule has 0 radical (unpaired) electrons. The highest BCUT2D eigenvalue weighted by Gasteiger charge is 2.50. The van der Waals surface area contributed by atoms with Gasteiger partial charge in [-0.1, -0.05) is 65.7 Å². The summed E-state index contributed by atoms with van der Waals surface area (Å²) in [6.07, 6.45) is 11.1. The summed E-state index contributed by atoms with van der Waals surface area (Å²) in [5.74, 6) is -8.04. The number of allylic oxidation sites excluding steroid dienone is 3. The van der Waals surface area contributed by atoms with Crippen molar-refractivity contribution >= 4 is 40.3 Å². The number of nitrogens with zero attached hydrogens (tertiary/aromatic N) is 3.